The van der Waals surface area contributed by atoms with E-state index < -0.39 is 0 Å². The van der Waals surface area contributed by atoms with Gasteiger partial charge in [-0.2, -0.15) is 0 Å². The van der Waals surface area contributed by atoms with Crippen molar-refractivity contribution in [3.63, 3.8) is 0 Å². The molecule has 0 unspecified atom stereocenters. The van der Waals surface area contributed by atoms with Gasteiger partial charge in [-0.25, -0.2) is 9.07 Å². The quantitative estimate of drug-likeness (QED) is 0.899. The maximum Gasteiger partial charge on any atom is 0.246 e. The van der Waals surface area contributed by atoms with E-state index in [4.69, 9.17) is 0 Å². The molecule has 2 aromatic rings. The van der Waals surface area contributed by atoms with Crippen molar-refractivity contribution in [2.45, 2.75) is 26.4 Å². The Bertz CT molecular complexity index is 613. The zero-order chi connectivity index (χ0) is 15.4. The van der Waals surface area contributed by atoms with Crippen LogP contribution < -0.4 is 10.2 Å². The number of carbonyl (C=O) groups excluding carboxylic acids is 1. The number of halogens is 1. The molecule has 2 rings (SSSR count). The highest BCUT2D eigenvalue weighted by molar-refractivity contribution is 5.90. The van der Waals surface area contributed by atoms with Crippen molar-refractivity contribution in [2.75, 3.05) is 17.3 Å². The summed E-state index contributed by atoms with van der Waals surface area (Å²) in [6, 6.07) is 4.78. The maximum absolute atomic E-state index is 14.1. The van der Waals surface area contributed by atoms with Crippen LogP contribution in [-0.2, 0) is 11.3 Å². The summed E-state index contributed by atoms with van der Waals surface area (Å²) in [5.74, 6) is -0.710. The average molecular weight is 292 g/mol. The van der Waals surface area contributed by atoms with Crippen molar-refractivity contribution in [3.05, 3.63) is 30.3 Å². The third-order valence-corrected chi connectivity index (χ3v) is 3.08. The molecule has 0 fully saturated rings. The highest BCUT2D eigenvalue weighted by Crippen LogP contribution is 2.23. The lowest BCUT2D eigenvalue weighted by Crippen LogP contribution is -2.26. The topological polar surface area (TPSA) is 75.9 Å². The molecule has 1 N–H and O–H groups in total. The minimum Gasteiger partial charge on any atom is -0.370 e. The van der Waals surface area contributed by atoms with Crippen molar-refractivity contribution in [1.29, 1.82) is 0 Å². The molecule has 0 spiro atoms. The van der Waals surface area contributed by atoms with Crippen LogP contribution in [0.4, 0.5) is 15.8 Å². The number of nitrogens with one attached hydrogen (secondary N) is 1. The Labute approximate surface area is 121 Å². The molecule has 0 atom stereocenters. The molecule has 112 valence electrons. The van der Waals surface area contributed by atoms with Crippen LogP contribution in [0.3, 0.4) is 0 Å². The first kappa shape index (κ1) is 14.9. The Morgan fingerprint density at radius 3 is 2.81 bits per heavy atom. The minimum absolute atomic E-state index is 0.0255. The van der Waals surface area contributed by atoms with Gasteiger partial charge in [0.15, 0.2) is 0 Å². The van der Waals surface area contributed by atoms with Gasteiger partial charge in [0.1, 0.15) is 18.7 Å². The zero-order valence-electron chi connectivity index (χ0n) is 12.1. The summed E-state index contributed by atoms with van der Waals surface area (Å²) in [7, 11) is 1.82. The van der Waals surface area contributed by atoms with Crippen LogP contribution in [0, 0.1) is 5.82 Å². The molecule has 21 heavy (non-hydrogen) atoms. The normalized spacial score (nSPS) is 10.7. The summed E-state index contributed by atoms with van der Waals surface area (Å²) in [6.07, 6.45) is 1.33. The Balaban J connectivity index is 2.04. The van der Waals surface area contributed by atoms with Crippen molar-refractivity contribution >= 4 is 17.3 Å². The fourth-order valence-electron chi connectivity index (χ4n) is 1.75. The molecule has 0 aliphatic rings. The van der Waals surface area contributed by atoms with Crippen LogP contribution in [0.1, 0.15) is 13.8 Å². The summed E-state index contributed by atoms with van der Waals surface area (Å²) in [5, 5.41) is 13.1. The van der Waals surface area contributed by atoms with E-state index >= 15 is 0 Å². The van der Waals surface area contributed by atoms with E-state index in [9.17, 15) is 9.18 Å². The van der Waals surface area contributed by atoms with Crippen LogP contribution in [0.25, 0.3) is 0 Å². The predicted octanol–water partition coefficient (Wildman–Crippen LogP) is 1.30. The lowest BCUT2D eigenvalue weighted by molar-refractivity contribution is -0.116. The van der Waals surface area contributed by atoms with Gasteiger partial charge >= 0.3 is 0 Å². The van der Waals surface area contributed by atoms with Crippen molar-refractivity contribution < 1.29 is 9.18 Å². The first-order valence-electron chi connectivity index (χ1n) is 6.50. The van der Waals surface area contributed by atoms with Crippen LogP contribution >= 0.6 is 0 Å². The van der Waals surface area contributed by atoms with Crippen molar-refractivity contribution in [1.82, 2.24) is 20.2 Å². The largest absolute Gasteiger partial charge is 0.370 e. The van der Waals surface area contributed by atoms with Gasteiger partial charge in [-0.15, -0.1) is 5.10 Å². The molecular weight excluding hydrogens is 275 g/mol. The number of anilines is 2. The fourth-order valence-corrected chi connectivity index (χ4v) is 1.75. The maximum atomic E-state index is 14.1. The molecule has 0 aliphatic carbocycles. The summed E-state index contributed by atoms with van der Waals surface area (Å²) in [6.45, 7) is 3.92. The number of carbonyl (C=O) groups is 1. The molecule has 0 radical (unpaired) electrons. The molecule has 0 saturated heterocycles. The third-order valence-electron chi connectivity index (χ3n) is 3.08. The number of hydrogen-bond donors (Lipinski definition) is 1. The van der Waals surface area contributed by atoms with Crippen LogP contribution in [0.5, 0.6) is 0 Å². The summed E-state index contributed by atoms with van der Waals surface area (Å²) >= 11 is 0. The van der Waals surface area contributed by atoms with Gasteiger partial charge in [0.2, 0.25) is 5.91 Å². The summed E-state index contributed by atoms with van der Waals surface area (Å²) < 4.78 is 15.3. The second kappa shape index (κ2) is 6.29. The Kier molecular flexibility index (Phi) is 4.46. The number of benzene rings is 1. The predicted molar refractivity (Wildman–Crippen MR) is 76.4 cm³/mol. The number of rotatable bonds is 5. The second-order valence-corrected chi connectivity index (χ2v) is 4.93. The van der Waals surface area contributed by atoms with E-state index in [1.54, 1.807) is 12.1 Å². The summed E-state index contributed by atoms with van der Waals surface area (Å²) in [4.78, 5) is 13.6. The Morgan fingerprint density at radius 1 is 1.48 bits per heavy atom. The standard InChI is InChI=1S/C13H17FN6O/c1-9(2)19(3)12-5-4-10(6-11(12)14)16-13(21)7-20-8-15-17-18-20/h4-6,8-9H,7H2,1-3H3,(H,16,21). The molecule has 0 aliphatic heterocycles. The number of hydrogen-bond acceptors (Lipinski definition) is 5. The van der Waals surface area contributed by atoms with Gasteiger partial charge in [0.25, 0.3) is 0 Å². The van der Waals surface area contributed by atoms with Crippen LogP contribution in [-0.4, -0.2) is 39.2 Å². The number of amides is 1. The molecule has 1 aromatic heterocycles. The number of tetrazole rings is 1. The highest BCUT2D eigenvalue weighted by Gasteiger charge is 2.12. The van der Waals surface area contributed by atoms with Gasteiger partial charge in [-0.05, 0) is 42.5 Å². The first-order chi connectivity index (χ1) is 9.97. The Morgan fingerprint density at radius 2 is 2.24 bits per heavy atom. The van der Waals surface area contributed by atoms with Crippen molar-refractivity contribution in [3.8, 4) is 0 Å². The molecule has 0 bridgehead atoms. The van der Waals surface area contributed by atoms with E-state index in [0.29, 0.717) is 11.4 Å². The first-order valence-corrected chi connectivity index (χ1v) is 6.50. The van der Waals surface area contributed by atoms with Gasteiger partial charge in [-0.3, -0.25) is 4.79 Å². The molecular formula is C13H17FN6O. The smallest absolute Gasteiger partial charge is 0.246 e. The Hall–Kier alpha value is -2.51. The number of aromatic nitrogens is 4. The van der Waals surface area contributed by atoms with E-state index in [1.165, 1.54) is 17.1 Å². The lowest BCUT2D eigenvalue weighted by Gasteiger charge is -2.24. The SMILES string of the molecule is CC(C)N(C)c1ccc(NC(=O)Cn2cnnn2)cc1F. The highest BCUT2D eigenvalue weighted by atomic mass is 19.1. The molecule has 1 amide bonds. The zero-order valence-corrected chi connectivity index (χ0v) is 12.1. The van der Waals surface area contributed by atoms with Crippen LogP contribution in [0.15, 0.2) is 24.5 Å². The van der Waals surface area contributed by atoms with E-state index in [1.807, 2.05) is 25.8 Å². The molecule has 1 aromatic carbocycles. The van der Waals surface area contributed by atoms with Crippen LogP contribution in [0.2, 0.25) is 0 Å². The van der Waals surface area contributed by atoms with Gasteiger partial charge in [-0.1, -0.05) is 0 Å². The van der Waals surface area contributed by atoms with Gasteiger partial charge < -0.3 is 10.2 Å². The monoisotopic (exact) mass is 292 g/mol. The number of nitrogens with zero attached hydrogens (tertiary/aromatic N) is 5. The lowest BCUT2D eigenvalue weighted by atomic mass is 10.2. The summed E-state index contributed by atoms with van der Waals surface area (Å²) in [5.41, 5.74) is 0.884. The molecule has 7 nitrogen and oxygen atoms in total. The van der Waals surface area contributed by atoms with Crippen molar-refractivity contribution in [2.24, 2.45) is 0 Å². The van der Waals surface area contributed by atoms with E-state index in [2.05, 4.69) is 20.8 Å². The minimum atomic E-state index is -0.383. The van der Waals surface area contributed by atoms with E-state index in [-0.39, 0.29) is 24.3 Å². The van der Waals surface area contributed by atoms with Gasteiger partial charge in [0, 0.05) is 18.8 Å². The second-order valence-electron chi connectivity index (χ2n) is 4.93. The molecule has 0 saturated carbocycles. The van der Waals surface area contributed by atoms with E-state index in [0.717, 1.165) is 0 Å². The third kappa shape index (κ3) is 3.74. The average Bonchev–Trinajstić information content (AvgIpc) is 2.90. The molecule has 1 heterocycles. The molecule has 8 heteroatoms. The van der Waals surface area contributed by atoms with Gasteiger partial charge in [0.05, 0.1) is 5.69 Å². The fraction of sp³-hybridized carbons (Fsp3) is 0.385.